The first kappa shape index (κ1) is 13.7. The van der Waals surface area contributed by atoms with E-state index in [1.165, 1.54) is 0 Å². The summed E-state index contributed by atoms with van der Waals surface area (Å²) in [5.41, 5.74) is 0.867. The normalized spacial score (nSPS) is 17.1. The Balaban J connectivity index is 2.84. The Morgan fingerprint density at radius 3 is 2.38 bits per heavy atom. The van der Waals surface area contributed by atoms with Crippen LogP contribution in [0.2, 0.25) is 0 Å². The van der Waals surface area contributed by atoms with Crippen LogP contribution in [0, 0.1) is 5.92 Å². The number of hydrogen-bond acceptors (Lipinski definition) is 2. The highest BCUT2D eigenvalue weighted by Crippen LogP contribution is 2.52. The molecule has 2 atom stereocenters. The molecule has 0 radical (unpaired) electrons. The minimum atomic E-state index is -3.97. The topological polar surface area (TPSA) is 46.5 Å². The highest BCUT2D eigenvalue weighted by atomic mass is 35.7. The quantitative estimate of drug-likeness (QED) is 0.812. The molecule has 0 aliphatic carbocycles. The second kappa shape index (κ2) is 5.83. The van der Waals surface area contributed by atoms with E-state index in [1.807, 2.05) is 44.2 Å². The highest BCUT2D eigenvalue weighted by molar-refractivity contribution is 7.80. The van der Waals surface area contributed by atoms with Crippen LogP contribution in [0.3, 0.4) is 0 Å². The molecule has 0 aliphatic heterocycles. The van der Waals surface area contributed by atoms with Gasteiger partial charge in [0.2, 0.25) is 0 Å². The van der Waals surface area contributed by atoms with Gasteiger partial charge < -0.3 is 4.89 Å². The van der Waals surface area contributed by atoms with Gasteiger partial charge in [-0.05, 0) is 17.9 Å². The van der Waals surface area contributed by atoms with E-state index in [2.05, 4.69) is 0 Å². The van der Waals surface area contributed by atoms with Crippen LogP contribution in [0.25, 0.3) is 0 Å². The summed E-state index contributed by atoms with van der Waals surface area (Å²) in [6, 6.07) is 9.33. The van der Waals surface area contributed by atoms with Gasteiger partial charge in [0, 0.05) is 11.2 Å². The lowest BCUT2D eigenvalue weighted by atomic mass is 10.00. The maximum atomic E-state index is 11.1. The van der Waals surface area contributed by atoms with Crippen LogP contribution in [0.5, 0.6) is 0 Å². The second-order valence-corrected chi connectivity index (χ2v) is 6.48. The first-order chi connectivity index (χ1) is 7.38. The molecule has 5 heteroatoms. The average Bonchev–Trinajstić information content (AvgIpc) is 2.15. The Bertz CT molecular complexity index is 361. The van der Waals surface area contributed by atoms with Gasteiger partial charge in [0.25, 0.3) is 0 Å². The van der Waals surface area contributed by atoms with Crippen LogP contribution in [0.4, 0.5) is 0 Å². The van der Waals surface area contributed by atoms with E-state index >= 15 is 0 Å². The van der Waals surface area contributed by atoms with Crippen LogP contribution in [0.1, 0.15) is 31.9 Å². The molecule has 0 bridgehead atoms. The van der Waals surface area contributed by atoms with Crippen molar-refractivity contribution >= 4 is 18.2 Å². The molecule has 1 aromatic rings. The number of halogens is 1. The summed E-state index contributed by atoms with van der Waals surface area (Å²) in [5.74, 6) is 0.355. The summed E-state index contributed by atoms with van der Waals surface area (Å²) in [5, 5.41) is 0. The van der Waals surface area contributed by atoms with Gasteiger partial charge in [0.15, 0.2) is 0 Å². The predicted octanol–water partition coefficient (Wildman–Crippen LogP) is 4.13. The summed E-state index contributed by atoms with van der Waals surface area (Å²) in [7, 11) is 0. The van der Waals surface area contributed by atoms with E-state index in [4.69, 9.17) is 20.7 Å². The Kier molecular flexibility index (Phi) is 5.00. The molecule has 0 aromatic heterocycles. The van der Waals surface area contributed by atoms with E-state index in [-0.39, 0.29) is 0 Å². The van der Waals surface area contributed by atoms with Crippen LogP contribution < -0.4 is 0 Å². The van der Waals surface area contributed by atoms with Crippen molar-refractivity contribution in [1.82, 2.24) is 0 Å². The van der Waals surface area contributed by atoms with E-state index in [9.17, 15) is 4.57 Å². The molecule has 2 unspecified atom stereocenters. The van der Waals surface area contributed by atoms with Crippen molar-refractivity contribution < 1.29 is 14.0 Å². The molecule has 1 rings (SSSR count). The van der Waals surface area contributed by atoms with E-state index in [0.29, 0.717) is 12.3 Å². The Hall–Kier alpha value is -0.340. The van der Waals surface area contributed by atoms with Crippen molar-refractivity contribution in [3.05, 3.63) is 35.9 Å². The molecule has 0 fully saturated rings. The maximum absolute atomic E-state index is 11.1. The molecule has 0 amide bonds. The largest absolute Gasteiger partial charge is 0.422 e. The smallest absolute Gasteiger partial charge is 0.313 e. The third-order valence-corrected chi connectivity index (χ3v) is 2.87. The van der Waals surface area contributed by atoms with Crippen molar-refractivity contribution in [3.8, 4) is 0 Å². The predicted molar refractivity (Wildman–Crippen MR) is 65.4 cm³/mol. The van der Waals surface area contributed by atoms with Crippen LogP contribution in [-0.2, 0) is 9.09 Å². The van der Waals surface area contributed by atoms with E-state index < -0.39 is 13.1 Å². The van der Waals surface area contributed by atoms with Crippen molar-refractivity contribution in [2.75, 3.05) is 0 Å². The van der Waals surface area contributed by atoms with Gasteiger partial charge in [0.05, 0.1) is 6.10 Å². The lowest BCUT2D eigenvalue weighted by molar-refractivity contribution is 0.162. The van der Waals surface area contributed by atoms with Gasteiger partial charge in [-0.25, -0.2) is 4.57 Å². The Morgan fingerprint density at radius 1 is 1.38 bits per heavy atom. The number of rotatable bonds is 5. The fourth-order valence-electron chi connectivity index (χ4n) is 1.49. The van der Waals surface area contributed by atoms with Gasteiger partial charge in [-0.1, -0.05) is 44.2 Å². The molecular formula is C11H16ClO3P. The zero-order valence-electron chi connectivity index (χ0n) is 9.34. The summed E-state index contributed by atoms with van der Waals surface area (Å²) in [6.45, 7) is 0.0760. The highest BCUT2D eigenvalue weighted by Gasteiger charge is 2.24. The SMILES string of the molecule is CC(C)CC(OP(=O)(O)Cl)c1ccccc1. The molecule has 0 spiro atoms. The molecule has 1 aromatic carbocycles. The summed E-state index contributed by atoms with van der Waals surface area (Å²) < 4.78 is 16.1. The number of benzene rings is 1. The van der Waals surface area contributed by atoms with Crippen LogP contribution in [0.15, 0.2) is 30.3 Å². The van der Waals surface area contributed by atoms with Crippen molar-refractivity contribution in [2.24, 2.45) is 5.92 Å². The number of hydrogen-bond donors (Lipinski definition) is 1. The summed E-state index contributed by atoms with van der Waals surface area (Å²) in [6.07, 6.45) is 0.218. The molecule has 1 N–H and O–H groups in total. The third-order valence-electron chi connectivity index (χ3n) is 2.11. The van der Waals surface area contributed by atoms with Crippen LogP contribution >= 0.6 is 18.2 Å². The van der Waals surface area contributed by atoms with Crippen molar-refractivity contribution in [2.45, 2.75) is 26.4 Å². The first-order valence-electron chi connectivity index (χ1n) is 5.14. The Labute approximate surface area is 101 Å². The molecule has 0 saturated heterocycles. The summed E-state index contributed by atoms with van der Waals surface area (Å²) in [4.78, 5) is 9.06. The average molecular weight is 263 g/mol. The van der Waals surface area contributed by atoms with E-state index in [0.717, 1.165) is 5.56 Å². The van der Waals surface area contributed by atoms with E-state index in [1.54, 1.807) is 0 Å². The zero-order valence-corrected chi connectivity index (χ0v) is 11.0. The second-order valence-electron chi connectivity index (χ2n) is 4.09. The first-order valence-corrected chi connectivity index (χ1v) is 7.62. The third kappa shape index (κ3) is 5.13. The van der Waals surface area contributed by atoms with Gasteiger partial charge in [-0.3, -0.25) is 4.52 Å². The summed E-state index contributed by atoms with van der Waals surface area (Å²) >= 11 is 5.25. The minimum Gasteiger partial charge on any atom is -0.313 e. The standard InChI is InChI=1S/C11H16ClO3P/c1-9(2)8-11(15-16(12,13)14)10-6-4-3-5-7-10/h3-7,9,11H,8H2,1-2H3,(H,13,14). The monoisotopic (exact) mass is 262 g/mol. The van der Waals surface area contributed by atoms with Gasteiger partial charge in [-0.2, -0.15) is 0 Å². The molecule has 0 aliphatic rings. The van der Waals surface area contributed by atoms with Gasteiger partial charge in [0.1, 0.15) is 0 Å². The molecule has 90 valence electrons. The molecule has 16 heavy (non-hydrogen) atoms. The Morgan fingerprint density at radius 2 is 1.94 bits per heavy atom. The maximum Gasteiger partial charge on any atom is 0.422 e. The lowest BCUT2D eigenvalue weighted by Gasteiger charge is -2.20. The van der Waals surface area contributed by atoms with Crippen LogP contribution in [-0.4, -0.2) is 4.89 Å². The molecular weight excluding hydrogens is 247 g/mol. The zero-order chi connectivity index (χ0) is 12.2. The minimum absolute atomic E-state index is 0.355. The fraction of sp³-hybridized carbons (Fsp3) is 0.455. The van der Waals surface area contributed by atoms with Gasteiger partial charge in [-0.15, -0.1) is 0 Å². The van der Waals surface area contributed by atoms with Crippen molar-refractivity contribution in [1.29, 1.82) is 0 Å². The molecule has 3 nitrogen and oxygen atoms in total. The molecule has 0 saturated carbocycles. The fourth-order valence-corrected chi connectivity index (χ4v) is 2.30. The van der Waals surface area contributed by atoms with Crippen molar-refractivity contribution in [3.63, 3.8) is 0 Å². The van der Waals surface area contributed by atoms with Gasteiger partial charge >= 0.3 is 6.95 Å². The molecule has 0 heterocycles. The lowest BCUT2D eigenvalue weighted by Crippen LogP contribution is -2.05.